The van der Waals surface area contributed by atoms with Gasteiger partial charge >= 0.3 is 0 Å². The normalized spacial score (nSPS) is 10.6. The fourth-order valence-electron chi connectivity index (χ4n) is 2.64. The molecule has 7 heteroatoms. The number of amides is 1. The number of aromatic nitrogens is 4. The Morgan fingerprint density at radius 1 is 1.20 bits per heavy atom. The van der Waals surface area contributed by atoms with Gasteiger partial charge in [-0.3, -0.25) is 14.2 Å². The van der Waals surface area contributed by atoms with E-state index in [2.05, 4.69) is 15.5 Å². The third-order valence-electron chi connectivity index (χ3n) is 3.83. The molecule has 3 rings (SSSR count). The monoisotopic (exact) mass is 339 g/mol. The molecular weight excluding hydrogens is 318 g/mol. The van der Waals surface area contributed by atoms with Gasteiger partial charge in [-0.2, -0.15) is 10.2 Å². The van der Waals surface area contributed by atoms with Gasteiger partial charge in [-0.05, 0) is 18.1 Å². The Hall–Kier alpha value is -3.09. The lowest BCUT2D eigenvalue weighted by Gasteiger charge is -2.07. The molecule has 1 amide bonds. The van der Waals surface area contributed by atoms with E-state index >= 15 is 0 Å². The van der Waals surface area contributed by atoms with E-state index < -0.39 is 0 Å². The molecule has 0 spiro atoms. The van der Waals surface area contributed by atoms with Crippen molar-refractivity contribution in [2.75, 3.05) is 12.4 Å². The first-order chi connectivity index (χ1) is 12.1. The van der Waals surface area contributed by atoms with Crippen LogP contribution in [0.4, 0.5) is 5.69 Å². The molecule has 0 aliphatic rings. The molecular formula is C18H21N5O2. The summed E-state index contributed by atoms with van der Waals surface area (Å²) in [5.41, 5.74) is 2.76. The molecule has 0 bridgehead atoms. The van der Waals surface area contributed by atoms with Crippen molar-refractivity contribution in [2.24, 2.45) is 7.05 Å². The lowest BCUT2D eigenvalue weighted by Crippen LogP contribution is -2.12. The van der Waals surface area contributed by atoms with Gasteiger partial charge < -0.3 is 10.1 Å². The quantitative estimate of drug-likeness (QED) is 0.716. The van der Waals surface area contributed by atoms with Crippen molar-refractivity contribution in [3.05, 3.63) is 60.2 Å². The Bertz CT molecular complexity index is 853. The zero-order chi connectivity index (χ0) is 17.6. The number of carbonyl (C=O) groups is 1. The van der Waals surface area contributed by atoms with Gasteiger partial charge in [-0.15, -0.1) is 0 Å². The largest absolute Gasteiger partial charge is 0.496 e. The van der Waals surface area contributed by atoms with Crippen molar-refractivity contribution < 1.29 is 9.53 Å². The molecule has 0 atom stereocenters. The second kappa shape index (κ2) is 7.65. The number of benzene rings is 1. The molecule has 0 unspecified atom stereocenters. The summed E-state index contributed by atoms with van der Waals surface area (Å²) in [6.45, 7) is 0.616. The summed E-state index contributed by atoms with van der Waals surface area (Å²) in [4.78, 5) is 12.2. The van der Waals surface area contributed by atoms with Gasteiger partial charge in [0.25, 0.3) is 0 Å². The first-order valence-electron chi connectivity index (χ1n) is 8.06. The minimum Gasteiger partial charge on any atom is -0.496 e. The van der Waals surface area contributed by atoms with Crippen LogP contribution >= 0.6 is 0 Å². The molecule has 2 aromatic heterocycles. The minimum atomic E-state index is -0.0492. The molecule has 1 N–H and O–H groups in total. The van der Waals surface area contributed by atoms with E-state index in [0.29, 0.717) is 25.1 Å². The average molecular weight is 339 g/mol. The highest BCUT2D eigenvalue weighted by Gasteiger charge is 2.08. The summed E-state index contributed by atoms with van der Waals surface area (Å²) in [5.74, 6) is 0.756. The predicted octanol–water partition coefficient (Wildman–Crippen LogP) is 2.24. The fourth-order valence-corrected chi connectivity index (χ4v) is 2.64. The average Bonchev–Trinajstić information content (AvgIpc) is 3.22. The standard InChI is InChI=1S/C18H21N5O2/c1-22-11-14(9-19-22)12-23-13-16(10-20-23)21-18(24)8-7-15-5-3-4-6-17(15)25-2/h3-6,9-11,13H,7-8,12H2,1-2H3,(H,21,24). The van der Waals surface area contributed by atoms with Gasteiger partial charge in [0.1, 0.15) is 5.75 Å². The summed E-state index contributed by atoms with van der Waals surface area (Å²) >= 11 is 0. The highest BCUT2D eigenvalue weighted by atomic mass is 16.5. The van der Waals surface area contributed by atoms with Crippen LogP contribution in [0.15, 0.2) is 49.1 Å². The maximum atomic E-state index is 12.2. The van der Waals surface area contributed by atoms with Crippen LogP contribution in [0.5, 0.6) is 5.75 Å². The van der Waals surface area contributed by atoms with Gasteiger partial charge in [0, 0.05) is 31.4 Å². The molecule has 3 aromatic rings. The van der Waals surface area contributed by atoms with Crippen LogP contribution in [-0.4, -0.2) is 32.6 Å². The second-order valence-electron chi connectivity index (χ2n) is 5.81. The van der Waals surface area contributed by atoms with Crippen molar-refractivity contribution in [1.29, 1.82) is 0 Å². The van der Waals surface area contributed by atoms with E-state index in [1.54, 1.807) is 28.9 Å². The zero-order valence-electron chi connectivity index (χ0n) is 14.3. The third-order valence-corrected chi connectivity index (χ3v) is 3.83. The highest BCUT2D eigenvalue weighted by Crippen LogP contribution is 2.19. The number of nitrogens with zero attached hydrogens (tertiary/aromatic N) is 4. The van der Waals surface area contributed by atoms with Crippen LogP contribution < -0.4 is 10.1 Å². The molecule has 0 aliphatic carbocycles. The van der Waals surface area contributed by atoms with Crippen molar-refractivity contribution >= 4 is 11.6 Å². The molecule has 25 heavy (non-hydrogen) atoms. The molecule has 1 aromatic carbocycles. The Morgan fingerprint density at radius 2 is 2.04 bits per heavy atom. The number of hydrogen-bond donors (Lipinski definition) is 1. The predicted molar refractivity (Wildman–Crippen MR) is 94.5 cm³/mol. The van der Waals surface area contributed by atoms with Crippen LogP contribution in [0.3, 0.4) is 0 Å². The number of hydrogen-bond acceptors (Lipinski definition) is 4. The number of anilines is 1. The maximum Gasteiger partial charge on any atom is 0.224 e. The van der Waals surface area contributed by atoms with Gasteiger partial charge in [0.15, 0.2) is 0 Å². The molecule has 0 fully saturated rings. The number of aryl methyl sites for hydroxylation is 2. The van der Waals surface area contributed by atoms with Crippen LogP contribution in [0.25, 0.3) is 0 Å². The van der Waals surface area contributed by atoms with E-state index in [1.807, 2.05) is 43.7 Å². The van der Waals surface area contributed by atoms with E-state index in [9.17, 15) is 4.79 Å². The Balaban J connectivity index is 1.53. The van der Waals surface area contributed by atoms with Crippen molar-refractivity contribution in [1.82, 2.24) is 19.6 Å². The number of rotatable bonds is 7. The second-order valence-corrected chi connectivity index (χ2v) is 5.81. The molecule has 0 radical (unpaired) electrons. The Morgan fingerprint density at radius 3 is 2.80 bits per heavy atom. The molecule has 7 nitrogen and oxygen atoms in total. The first kappa shape index (κ1) is 16.8. The van der Waals surface area contributed by atoms with Gasteiger partial charge in [-0.25, -0.2) is 0 Å². The molecule has 130 valence electrons. The number of carbonyl (C=O) groups excluding carboxylic acids is 1. The number of ether oxygens (including phenoxy) is 1. The maximum absolute atomic E-state index is 12.2. The summed E-state index contributed by atoms with van der Waals surface area (Å²) in [7, 11) is 3.51. The van der Waals surface area contributed by atoms with Gasteiger partial charge in [0.2, 0.25) is 5.91 Å². The van der Waals surface area contributed by atoms with Crippen LogP contribution in [-0.2, 0) is 24.8 Å². The Labute approximate surface area is 146 Å². The molecule has 0 aliphatic heterocycles. The number of para-hydroxylation sites is 1. The molecule has 2 heterocycles. The summed E-state index contributed by atoms with van der Waals surface area (Å²) < 4.78 is 8.83. The summed E-state index contributed by atoms with van der Waals surface area (Å²) in [6.07, 6.45) is 8.21. The van der Waals surface area contributed by atoms with Crippen molar-refractivity contribution in [2.45, 2.75) is 19.4 Å². The van der Waals surface area contributed by atoms with E-state index in [0.717, 1.165) is 16.9 Å². The van der Waals surface area contributed by atoms with Crippen LogP contribution in [0, 0.1) is 0 Å². The summed E-state index contributed by atoms with van der Waals surface area (Å²) in [5, 5.41) is 11.3. The van der Waals surface area contributed by atoms with E-state index in [-0.39, 0.29) is 5.91 Å². The lowest BCUT2D eigenvalue weighted by atomic mass is 10.1. The van der Waals surface area contributed by atoms with E-state index in [1.165, 1.54) is 0 Å². The summed E-state index contributed by atoms with van der Waals surface area (Å²) in [6, 6.07) is 7.73. The fraction of sp³-hybridized carbons (Fsp3) is 0.278. The van der Waals surface area contributed by atoms with E-state index in [4.69, 9.17) is 4.74 Å². The van der Waals surface area contributed by atoms with Crippen LogP contribution in [0.1, 0.15) is 17.5 Å². The molecule has 0 saturated heterocycles. The molecule has 0 saturated carbocycles. The van der Waals surface area contributed by atoms with Crippen LogP contribution in [0.2, 0.25) is 0 Å². The minimum absolute atomic E-state index is 0.0492. The smallest absolute Gasteiger partial charge is 0.224 e. The van der Waals surface area contributed by atoms with Gasteiger partial charge in [0.05, 0.1) is 31.7 Å². The topological polar surface area (TPSA) is 74.0 Å². The Kier molecular flexibility index (Phi) is 5.13. The van der Waals surface area contributed by atoms with Crippen molar-refractivity contribution in [3.8, 4) is 5.75 Å². The van der Waals surface area contributed by atoms with Crippen molar-refractivity contribution in [3.63, 3.8) is 0 Å². The number of nitrogens with one attached hydrogen (secondary N) is 1. The third kappa shape index (κ3) is 4.47. The zero-order valence-corrected chi connectivity index (χ0v) is 14.3. The highest BCUT2D eigenvalue weighted by molar-refractivity contribution is 5.90. The SMILES string of the molecule is COc1ccccc1CCC(=O)Nc1cnn(Cc2cnn(C)c2)c1. The first-order valence-corrected chi connectivity index (χ1v) is 8.06. The van der Waals surface area contributed by atoms with Gasteiger partial charge in [-0.1, -0.05) is 18.2 Å². The lowest BCUT2D eigenvalue weighted by molar-refractivity contribution is -0.116. The number of methoxy groups -OCH3 is 1.